The van der Waals surface area contributed by atoms with Crippen LogP contribution in [-0.2, 0) is 24.4 Å². The normalized spacial score (nSPS) is 18.1. The van der Waals surface area contributed by atoms with Crippen molar-refractivity contribution in [3.8, 4) is 0 Å². The molecule has 1 saturated heterocycles. The van der Waals surface area contributed by atoms with Crippen LogP contribution in [-0.4, -0.2) is 34.4 Å². The Morgan fingerprint density at radius 1 is 0.943 bits per heavy atom. The molecule has 178 valence electrons. The van der Waals surface area contributed by atoms with Gasteiger partial charge in [-0.05, 0) is 52.1 Å². The first kappa shape index (κ1) is 23.5. The van der Waals surface area contributed by atoms with Crippen LogP contribution in [0.3, 0.4) is 0 Å². The van der Waals surface area contributed by atoms with Gasteiger partial charge < -0.3 is 10.6 Å². The second-order valence-corrected chi connectivity index (χ2v) is 9.52. The second kappa shape index (κ2) is 11.0. The van der Waals surface area contributed by atoms with Gasteiger partial charge in [-0.3, -0.25) is 14.7 Å². The number of halogens is 1. The largest absolute Gasteiger partial charge is 0.351 e. The summed E-state index contributed by atoms with van der Waals surface area (Å²) in [6, 6.07) is 26.7. The SMILES string of the molecule is O=C(NCc1cccnc1)[C@@H]1C[C@H](NCc2ccc3ccccc3c2)CN1Cc1ccccc1Cl. The second-order valence-electron chi connectivity index (χ2n) is 9.11. The van der Waals surface area contributed by atoms with Gasteiger partial charge in [0.15, 0.2) is 0 Å². The van der Waals surface area contributed by atoms with Gasteiger partial charge in [0.05, 0.1) is 6.04 Å². The molecule has 2 atom stereocenters. The molecule has 4 aromatic rings. The van der Waals surface area contributed by atoms with Gasteiger partial charge in [-0.2, -0.15) is 0 Å². The van der Waals surface area contributed by atoms with Crippen LogP contribution < -0.4 is 10.6 Å². The molecule has 1 fully saturated rings. The first-order valence-electron chi connectivity index (χ1n) is 12.0. The van der Waals surface area contributed by atoms with E-state index in [0.29, 0.717) is 13.1 Å². The minimum absolute atomic E-state index is 0.0379. The highest BCUT2D eigenvalue weighted by molar-refractivity contribution is 6.31. The van der Waals surface area contributed by atoms with Crippen LogP contribution in [0.2, 0.25) is 5.02 Å². The van der Waals surface area contributed by atoms with Crippen molar-refractivity contribution in [2.75, 3.05) is 6.54 Å². The number of carbonyl (C=O) groups excluding carboxylic acids is 1. The van der Waals surface area contributed by atoms with Gasteiger partial charge in [0, 0.05) is 49.6 Å². The smallest absolute Gasteiger partial charge is 0.237 e. The third-order valence-corrected chi connectivity index (χ3v) is 7.00. The number of benzene rings is 3. The van der Waals surface area contributed by atoms with E-state index in [0.717, 1.165) is 35.7 Å². The van der Waals surface area contributed by atoms with E-state index in [9.17, 15) is 4.79 Å². The molecule has 35 heavy (non-hydrogen) atoms. The van der Waals surface area contributed by atoms with Crippen LogP contribution in [0.5, 0.6) is 0 Å². The van der Waals surface area contributed by atoms with E-state index in [4.69, 9.17) is 11.6 Å². The molecule has 0 aliphatic carbocycles. The molecule has 1 aliphatic rings. The van der Waals surface area contributed by atoms with Crippen molar-refractivity contribution in [3.05, 3.63) is 113 Å². The Hall–Kier alpha value is -3.25. The van der Waals surface area contributed by atoms with Gasteiger partial charge in [-0.1, -0.05) is 72.3 Å². The van der Waals surface area contributed by atoms with Gasteiger partial charge in [-0.25, -0.2) is 0 Å². The Morgan fingerprint density at radius 3 is 2.60 bits per heavy atom. The summed E-state index contributed by atoms with van der Waals surface area (Å²) in [6.45, 7) is 2.65. The predicted molar refractivity (Wildman–Crippen MR) is 141 cm³/mol. The molecule has 2 N–H and O–H groups in total. The van der Waals surface area contributed by atoms with E-state index in [1.54, 1.807) is 12.4 Å². The molecule has 0 unspecified atom stereocenters. The molecule has 5 nitrogen and oxygen atoms in total. The number of hydrogen-bond acceptors (Lipinski definition) is 4. The third-order valence-electron chi connectivity index (χ3n) is 6.64. The minimum Gasteiger partial charge on any atom is -0.351 e. The van der Waals surface area contributed by atoms with E-state index in [2.05, 4.69) is 63.0 Å². The van der Waals surface area contributed by atoms with Gasteiger partial charge in [0.1, 0.15) is 0 Å². The number of hydrogen-bond donors (Lipinski definition) is 2. The van der Waals surface area contributed by atoms with Crippen LogP contribution in [0.4, 0.5) is 0 Å². The lowest BCUT2D eigenvalue weighted by atomic mass is 10.1. The third kappa shape index (κ3) is 5.88. The van der Waals surface area contributed by atoms with E-state index < -0.39 is 0 Å². The number of fused-ring (bicyclic) bond motifs is 1. The zero-order valence-corrected chi connectivity index (χ0v) is 20.3. The fourth-order valence-electron chi connectivity index (χ4n) is 4.76. The summed E-state index contributed by atoms with van der Waals surface area (Å²) in [5, 5.41) is 10.0. The molecule has 1 aromatic heterocycles. The van der Waals surface area contributed by atoms with E-state index in [1.807, 2.05) is 36.4 Å². The van der Waals surface area contributed by atoms with Gasteiger partial charge >= 0.3 is 0 Å². The lowest BCUT2D eigenvalue weighted by molar-refractivity contribution is -0.125. The van der Waals surface area contributed by atoms with E-state index >= 15 is 0 Å². The molecule has 3 aromatic carbocycles. The number of carbonyl (C=O) groups is 1. The van der Waals surface area contributed by atoms with Crippen molar-refractivity contribution < 1.29 is 4.79 Å². The molecular formula is C29H29ClN4O. The minimum atomic E-state index is -0.225. The molecule has 1 aliphatic heterocycles. The highest BCUT2D eigenvalue weighted by Crippen LogP contribution is 2.25. The summed E-state index contributed by atoms with van der Waals surface area (Å²) in [4.78, 5) is 19.6. The number of nitrogens with zero attached hydrogens (tertiary/aromatic N) is 2. The highest BCUT2D eigenvalue weighted by Gasteiger charge is 2.36. The zero-order valence-electron chi connectivity index (χ0n) is 19.5. The monoisotopic (exact) mass is 484 g/mol. The summed E-state index contributed by atoms with van der Waals surface area (Å²) in [5.41, 5.74) is 3.27. The van der Waals surface area contributed by atoms with E-state index in [1.165, 1.54) is 16.3 Å². The number of likely N-dealkylation sites (tertiary alicyclic amines) is 1. The van der Waals surface area contributed by atoms with Crippen molar-refractivity contribution >= 4 is 28.3 Å². The van der Waals surface area contributed by atoms with Crippen molar-refractivity contribution in [2.24, 2.45) is 0 Å². The standard InChI is InChI=1S/C29H29ClN4O/c30-27-10-4-3-9-25(27)19-34-20-26(15-28(34)29(35)33-18-22-6-5-13-31-16-22)32-17-21-11-12-23-7-1-2-8-24(23)14-21/h1-14,16,26,28,32H,15,17-20H2,(H,33,35)/t26-,28-/m0/s1. The summed E-state index contributed by atoms with van der Waals surface area (Å²) in [6.07, 6.45) is 4.26. The van der Waals surface area contributed by atoms with Crippen LogP contribution in [0.15, 0.2) is 91.3 Å². The number of nitrogens with one attached hydrogen (secondary N) is 2. The Bertz CT molecular complexity index is 1300. The fraction of sp³-hybridized carbons (Fsp3) is 0.241. The van der Waals surface area contributed by atoms with Gasteiger partial charge in [0.2, 0.25) is 5.91 Å². The number of aromatic nitrogens is 1. The molecule has 1 amide bonds. The molecule has 0 saturated carbocycles. The Kier molecular flexibility index (Phi) is 7.38. The maximum Gasteiger partial charge on any atom is 0.237 e. The quantitative estimate of drug-likeness (QED) is 0.372. The maximum atomic E-state index is 13.2. The topological polar surface area (TPSA) is 57.3 Å². The molecule has 5 rings (SSSR count). The lowest BCUT2D eigenvalue weighted by Gasteiger charge is -2.24. The van der Waals surface area contributed by atoms with Gasteiger partial charge in [0.25, 0.3) is 0 Å². The first-order chi connectivity index (χ1) is 17.2. The summed E-state index contributed by atoms with van der Waals surface area (Å²) in [7, 11) is 0. The van der Waals surface area contributed by atoms with Crippen LogP contribution in [0, 0.1) is 0 Å². The number of amides is 1. The van der Waals surface area contributed by atoms with Crippen molar-refractivity contribution in [3.63, 3.8) is 0 Å². The average molecular weight is 485 g/mol. The Balaban J connectivity index is 1.27. The Morgan fingerprint density at radius 2 is 1.77 bits per heavy atom. The molecular weight excluding hydrogens is 456 g/mol. The van der Waals surface area contributed by atoms with Crippen LogP contribution >= 0.6 is 11.6 Å². The lowest BCUT2D eigenvalue weighted by Crippen LogP contribution is -2.42. The number of pyridine rings is 1. The molecule has 0 spiro atoms. The van der Waals surface area contributed by atoms with Crippen LogP contribution in [0.25, 0.3) is 10.8 Å². The van der Waals surface area contributed by atoms with Crippen molar-refractivity contribution in [1.29, 1.82) is 0 Å². The van der Waals surface area contributed by atoms with Gasteiger partial charge in [-0.15, -0.1) is 0 Å². The maximum absolute atomic E-state index is 13.2. The Labute approximate surface area is 211 Å². The average Bonchev–Trinajstić information content (AvgIpc) is 3.30. The summed E-state index contributed by atoms with van der Waals surface area (Å²) < 4.78 is 0. The van der Waals surface area contributed by atoms with Crippen LogP contribution in [0.1, 0.15) is 23.1 Å². The number of rotatable bonds is 8. The summed E-state index contributed by atoms with van der Waals surface area (Å²) in [5.74, 6) is 0.0379. The highest BCUT2D eigenvalue weighted by atomic mass is 35.5. The molecule has 2 heterocycles. The molecule has 6 heteroatoms. The molecule has 0 radical (unpaired) electrons. The predicted octanol–water partition coefficient (Wildman–Crippen LogP) is 4.94. The fourth-order valence-corrected chi connectivity index (χ4v) is 4.96. The zero-order chi connectivity index (χ0) is 24.0. The molecule has 0 bridgehead atoms. The van der Waals surface area contributed by atoms with Crippen molar-refractivity contribution in [2.45, 2.75) is 38.1 Å². The van der Waals surface area contributed by atoms with E-state index in [-0.39, 0.29) is 18.0 Å². The first-order valence-corrected chi connectivity index (χ1v) is 12.4. The van der Waals surface area contributed by atoms with Crippen molar-refractivity contribution in [1.82, 2.24) is 20.5 Å². The summed E-state index contributed by atoms with van der Waals surface area (Å²) >= 11 is 6.45.